The molecule has 0 saturated carbocycles. The number of amides is 1. The Hall–Kier alpha value is -2.45. The molecule has 0 fully saturated rings. The Labute approximate surface area is 171 Å². The molecule has 0 saturated heterocycles. The minimum atomic E-state index is -3.95. The van der Waals surface area contributed by atoms with Gasteiger partial charge in [0.1, 0.15) is 11.4 Å². The largest absolute Gasteiger partial charge is 0.444 e. The van der Waals surface area contributed by atoms with E-state index in [9.17, 15) is 17.6 Å². The van der Waals surface area contributed by atoms with Crippen LogP contribution in [0.1, 0.15) is 31.9 Å². The molecule has 2 aromatic carbocycles. The van der Waals surface area contributed by atoms with E-state index >= 15 is 0 Å². The van der Waals surface area contributed by atoms with Crippen molar-refractivity contribution in [3.63, 3.8) is 0 Å². The maximum Gasteiger partial charge on any atom is 0.410 e. The third-order valence-electron chi connectivity index (χ3n) is 3.82. The Balaban J connectivity index is 2.08. The van der Waals surface area contributed by atoms with Crippen molar-refractivity contribution in [2.24, 2.45) is 0 Å². The van der Waals surface area contributed by atoms with Crippen LogP contribution in [0.25, 0.3) is 0 Å². The van der Waals surface area contributed by atoms with Gasteiger partial charge in [-0.1, -0.05) is 29.8 Å². The molecule has 8 heteroatoms. The summed E-state index contributed by atoms with van der Waals surface area (Å²) in [5, 5.41) is 0. The van der Waals surface area contributed by atoms with Crippen LogP contribution in [0.4, 0.5) is 9.18 Å². The summed E-state index contributed by atoms with van der Waals surface area (Å²) >= 11 is 0. The fourth-order valence-corrected chi connectivity index (χ4v) is 3.35. The zero-order chi connectivity index (χ0) is 21.7. The van der Waals surface area contributed by atoms with Crippen LogP contribution >= 0.6 is 0 Å². The van der Waals surface area contributed by atoms with Gasteiger partial charge in [0.25, 0.3) is 10.1 Å². The van der Waals surface area contributed by atoms with Crippen molar-refractivity contribution in [2.75, 3.05) is 13.2 Å². The van der Waals surface area contributed by atoms with E-state index in [4.69, 9.17) is 8.92 Å². The number of benzene rings is 2. The number of hydrogen-bond donors (Lipinski definition) is 0. The van der Waals surface area contributed by atoms with Crippen LogP contribution in [0, 0.1) is 12.7 Å². The van der Waals surface area contributed by atoms with E-state index in [-0.39, 0.29) is 24.6 Å². The van der Waals surface area contributed by atoms with E-state index in [1.54, 1.807) is 39.0 Å². The van der Waals surface area contributed by atoms with Gasteiger partial charge in [-0.15, -0.1) is 0 Å². The highest BCUT2D eigenvalue weighted by Gasteiger charge is 2.23. The quantitative estimate of drug-likeness (QED) is 0.622. The van der Waals surface area contributed by atoms with Gasteiger partial charge < -0.3 is 9.64 Å². The standard InChI is InChI=1S/C21H26FNO5S/c1-16-8-10-19(11-9-16)29(25,26)27-13-12-23(20(24)28-21(2,3)4)15-17-6-5-7-18(22)14-17/h5-11,14H,12-13,15H2,1-4H3. The highest BCUT2D eigenvalue weighted by molar-refractivity contribution is 7.86. The van der Waals surface area contributed by atoms with Crippen LogP contribution in [-0.4, -0.2) is 38.2 Å². The van der Waals surface area contributed by atoms with Crippen molar-refractivity contribution in [2.45, 2.75) is 44.7 Å². The summed E-state index contributed by atoms with van der Waals surface area (Å²) in [4.78, 5) is 13.8. The lowest BCUT2D eigenvalue weighted by Crippen LogP contribution is -2.38. The Morgan fingerprint density at radius 3 is 2.34 bits per heavy atom. The van der Waals surface area contributed by atoms with Gasteiger partial charge in [0.2, 0.25) is 0 Å². The number of carbonyl (C=O) groups excluding carboxylic acids is 1. The Morgan fingerprint density at radius 1 is 1.10 bits per heavy atom. The normalized spacial score (nSPS) is 11.9. The van der Waals surface area contributed by atoms with Crippen molar-refractivity contribution in [1.29, 1.82) is 0 Å². The smallest absolute Gasteiger partial charge is 0.410 e. The molecule has 2 rings (SSSR count). The van der Waals surface area contributed by atoms with Crippen LogP contribution in [0.5, 0.6) is 0 Å². The molecule has 158 valence electrons. The zero-order valence-electron chi connectivity index (χ0n) is 17.0. The maximum atomic E-state index is 13.5. The number of hydrogen-bond acceptors (Lipinski definition) is 5. The summed E-state index contributed by atoms with van der Waals surface area (Å²) in [5.74, 6) is -0.426. The average Bonchev–Trinajstić information content (AvgIpc) is 2.59. The van der Waals surface area contributed by atoms with Gasteiger partial charge in [0.05, 0.1) is 11.5 Å². The molecule has 0 spiro atoms. The molecule has 0 aliphatic heterocycles. The number of nitrogens with zero attached hydrogens (tertiary/aromatic N) is 1. The zero-order valence-corrected chi connectivity index (χ0v) is 17.8. The van der Waals surface area contributed by atoms with E-state index < -0.39 is 27.6 Å². The van der Waals surface area contributed by atoms with E-state index in [1.165, 1.54) is 35.2 Å². The van der Waals surface area contributed by atoms with Gasteiger partial charge in [0.15, 0.2) is 0 Å². The predicted octanol–water partition coefficient (Wildman–Crippen LogP) is 4.28. The summed E-state index contributed by atoms with van der Waals surface area (Å²) in [6.45, 7) is 6.78. The molecule has 2 aromatic rings. The second-order valence-electron chi connectivity index (χ2n) is 7.62. The second kappa shape index (κ2) is 9.37. The van der Waals surface area contributed by atoms with Crippen molar-refractivity contribution < 1.29 is 26.5 Å². The summed E-state index contributed by atoms with van der Waals surface area (Å²) in [7, 11) is -3.95. The van der Waals surface area contributed by atoms with Crippen molar-refractivity contribution in [3.8, 4) is 0 Å². The van der Waals surface area contributed by atoms with Crippen LogP contribution < -0.4 is 0 Å². The summed E-state index contributed by atoms with van der Waals surface area (Å²) in [6, 6.07) is 12.1. The fraction of sp³-hybridized carbons (Fsp3) is 0.381. The first kappa shape index (κ1) is 22.8. The lowest BCUT2D eigenvalue weighted by atomic mass is 10.2. The monoisotopic (exact) mass is 423 g/mol. The molecule has 0 aromatic heterocycles. The van der Waals surface area contributed by atoms with Gasteiger partial charge in [-0.2, -0.15) is 8.42 Å². The fourth-order valence-electron chi connectivity index (χ4n) is 2.45. The first-order chi connectivity index (χ1) is 13.5. The van der Waals surface area contributed by atoms with E-state index in [2.05, 4.69) is 0 Å². The molecule has 0 bridgehead atoms. The lowest BCUT2D eigenvalue weighted by Gasteiger charge is -2.27. The topological polar surface area (TPSA) is 72.9 Å². The Kier molecular flexibility index (Phi) is 7.37. The number of halogens is 1. The average molecular weight is 424 g/mol. The first-order valence-electron chi connectivity index (χ1n) is 9.15. The van der Waals surface area contributed by atoms with Gasteiger partial charge >= 0.3 is 6.09 Å². The third kappa shape index (κ3) is 7.47. The maximum absolute atomic E-state index is 13.5. The molecule has 1 amide bonds. The summed E-state index contributed by atoms with van der Waals surface area (Å²) in [5.41, 5.74) is 0.749. The molecule has 0 atom stereocenters. The first-order valence-corrected chi connectivity index (χ1v) is 10.6. The summed E-state index contributed by atoms with van der Waals surface area (Å²) in [6.07, 6.45) is -0.641. The van der Waals surface area contributed by atoms with Crippen molar-refractivity contribution in [3.05, 3.63) is 65.5 Å². The highest BCUT2D eigenvalue weighted by atomic mass is 32.2. The second-order valence-corrected chi connectivity index (χ2v) is 9.24. The molecule has 0 heterocycles. The van der Waals surface area contributed by atoms with Crippen molar-refractivity contribution >= 4 is 16.2 Å². The highest BCUT2D eigenvalue weighted by Crippen LogP contribution is 2.16. The van der Waals surface area contributed by atoms with Gasteiger partial charge in [-0.05, 0) is 57.5 Å². The summed E-state index contributed by atoms with van der Waals surface area (Å²) < 4.78 is 48.6. The molecule has 0 N–H and O–H groups in total. The number of aryl methyl sites for hydroxylation is 1. The van der Waals surface area contributed by atoms with Crippen LogP contribution in [0.2, 0.25) is 0 Å². The molecule has 29 heavy (non-hydrogen) atoms. The van der Waals surface area contributed by atoms with E-state index in [0.29, 0.717) is 5.56 Å². The molecule has 6 nitrogen and oxygen atoms in total. The van der Waals surface area contributed by atoms with Gasteiger partial charge in [0, 0.05) is 13.1 Å². The van der Waals surface area contributed by atoms with Crippen LogP contribution in [0.15, 0.2) is 53.4 Å². The minimum Gasteiger partial charge on any atom is -0.444 e. The SMILES string of the molecule is Cc1ccc(S(=O)(=O)OCCN(Cc2cccc(F)c2)C(=O)OC(C)(C)C)cc1. The lowest BCUT2D eigenvalue weighted by molar-refractivity contribution is 0.0210. The third-order valence-corrected chi connectivity index (χ3v) is 5.15. The molecule has 0 aliphatic carbocycles. The minimum absolute atomic E-state index is 0.0389. The molecule has 0 aliphatic rings. The van der Waals surface area contributed by atoms with Gasteiger partial charge in [-0.3, -0.25) is 4.18 Å². The Bertz CT molecular complexity index is 936. The van der Waals surface area contributed by atoms with E-state index in [0.717, 1.165) is 5.56 Å². The van der Waals surface area contributed by atoms with Crippen LogP contribution in [-0.2, 0) is 25.6 Å². The molecular formula is C21H26FNO5S. The molecule has 0 radical (unpaired) electrons. The Morgan fingerprint density at radius 2 is 1.76 bits per heavy atom. The molecular weight excluding hydrogens is 397 g/mol. The number of ether oxygens (including phenoxy) is 1. The predicted molar refractivity (Wildman–Crippen MR) is 107 cm³/mol. The van der Waals surface area contributed by atoms with E-state index in [1.807, 2.05) is 6.92 Å². The molecule has 0 unspecified atom stereocenters. The van der Waals surface area contributed by atoms with Crippen molar-refractivity contribution in [1.82, 2.24) is 4.90 Å². The van der Waals surface area contributed by atoms with Gasteiger partial charge in [-0.25, -0.2) is 9.18 Å². The number of rotatable bonds is 7. The number of carbonyl (C=O) groups is 1. The van der Waals surface area contributed by atoms with Crippen LogP contribution in [0.3, 0.4) is 0 Å².